The van der Waals surface area contributed by atoms with Crippen LogP contribution in [0, 0.1) is 12.8 Å². The lowest BCUT2D eigenvalue weighted by Crippen LogP contribution is -2.24. The first-order chi connectivity index (χ1) is 19.6. The molecule has 0 aliphatic heterocycles. The highest BCUT2D eigenvalue weighted by molar-refractivity contribution is 7.91. The van der Waals surface area contributed by atoms with Gasteiger partial charge >= 0.3 is 0 Å². The Morgan fingerprint density at radius 1 is 1.05 bits per heavy atom. The van der Waals surface area contributed by atoms with Crippen molar-refractivity contribution < 1.29 is 23.4 Å². The van der Waals surface area contributed by atoms with Gasteiger partial charge in [-0.15, -0.1) is 0 Å². The molecule has 3 aromatic rings. The van der Waals surface area contributed by atoms with Crippen molar-refractivity contribution >= 4 is 27.0 Å². The average Bonchev–Trinajstić information content (AvgIpc) is 2.93. The first-order valence-electron chi connectivity index (χ1n) is 14.7. The summed E-state index contributed by atoms with van der Waals surface area (Å²) >= 11 is 0. The Kier molecular flexibility index (Phi) is 10.4. The Labute approximate surface area is 244 Å². The van der Waals surface area contributed by atoms with E-state index in [1.54, 1.807) is 0 Å². The highest BCUT2D eigenvalue weighted by Gasteiger charge is 2.25. The molecular formula is C34H43NO5S. The van der Waals surface area contributed by atoms with Crippen LogP contribution >= 0.6 is 0 Å². The summed E-state index contributed by atoms with van der Waals surface area (Å²) in [7, 11) is -3.10. The van der Waals surface area contributed by atoms with Crippen LogP contribution in [-0.2, 0) is 22.7 Å². The molecule has 0 radical (unpaired) electrons. The number of benzene rings is 3. The first kappa shape index (κ1) is 30.9. The number of carbonyl (C=O) groups is 1. The van der Waals surface area contributed by atoms with Crippen molar-refractivity contribution in [1.82, 2.24) is 0 Å². The lowest BCUT2D eigenvalue weighted by atomic mass is 9.91. The van der Waals surface area contributed by atoms with Gasteiger partial charge in [0.2, 0.25) is 0 Å². The predicted molar refractivity (Wildman–Crippen MR) is 167 cm³/mol. The molecule has 0 heterocycles. The second kappa shape index (κ2) is 13.8. The van der Waals surface area contributed by atoms with E-state index in [0.717, 1.165) is 59.3 Å². The molecular weight excluding hydrogens is 534 g/mol. The second-order valence-corrected chi connectivity index (χ2v) is 13.9. The van der Waals surface area contributed by atoms with E-state index in [-0.39, 0.29) is 23.6 Å². The van der Waals surface area contributed by atoms with Gasteiger partial charge in [-0.05, 0) is 91.5 Å². The van der Waals surface area contributed by atoms with Crippen molar-refractivity contribution in [3.8, 4) is 11.1 Å². The summed E-state index contributed by atoms with van der Waals surface area (Å²) in [5, 5.41) is 21.8. The maximum absolute atomic E-state index is 12.9. The quantitative estimate of drug-likeness (QED) is 0.227. The third-order valence-corrected chi connectivity index (χ3v) is 9.97. The van der Waals surface area contributed by atoms with Crippen molar-refractivity contribution in [2.24, 2.45) is 5.92 Å². The van der Waals surface area contributed by atoms with Gasteiger partial charge in [-0.2, -0.15) is 0 Å². The van der Waals surface area contributed by atoms with E-state index in [4.69, 9.17) is 5.11 Å². The third-order valence-electron chi connectivity index (χ3n) is 8.36. The predicted octanol–water partition coefficient (Wildman–Crippen LogP) is 6.43. The van der Waals surface area contributed by atoms with Gasteiger partial charge in [0, 0.05) is 29.1 Å². The maximum atomic E-state index is 12.9. The lowest BCUT2D eigenvalue weighted by molar-refractivity contribution is 0.0820. The fourth-order valence-corrected chi connectivity index (χ4v) is 6.85. The van der Waals surface area contributed by atoms with Crippen molar-refractivity contribution in [3.63, 3.8) is 0 Å². The number of Topliss-reactive ketones (excluding diaryl/α,β-unsaturated/α-hetero) is 1. The fourth-order valence-electron chi connectivity index (χ4n) is 5.77. The van der Waals surface area contributed by atoms with Gasteiger partial charge in [0.25, 0.3) is 0 Å². The van der Waals surface area contributed by atoms with Crippen LogP contribution in [0.4, 0.5) is 11.4 Å². The number of hydrogen-bond donors (Lipinski definition) is 3. The van der Waals surface area contributed by atoms with E-state index in [0.29, 0.717) is 31.2 Å². The van der Waals surface area contributed by atoms with Crippen LogP contribution in [0.5, 0.6) is 0 Å². The summed E-state index contributed by atoms with van der Waals surface area (Å²) in [6, 6.07) is 20.2. The summed E-state index contributed by atoms with van der Waals surface area (Å²) in [5.41, 5.74) is 8.20. The highest BCUT2D eigenvalue weighted by atomic mass is 32.2. The number of sulfone groups is 1. The van der Waals surface area contributed by atoms with Crippen molar-refractivity contribution in [3.05, 3.63) is 82.9 Å². The molecule has 3 unspecified atom stereocenters. The number of aliphatic hydroxyl groups is 2. The van der Waals surface area contributed by atoms with Crippen LogP contribution in [0.25, 0.3) is 11.1 Å². The van der Waals surface area contributed by atoms with Gasteiger partial charge < -0.3 is 15.5 Å². The minimum absolute atomic E-state index is 0.0841. The Morgan fingerprint density at radius 3 is 2.51 bits per heavy atom. The zero-order valence-electron chi connectivity index (χ0n) is 24.4. The van der Waals surface area contributed by atoms with Crippen LogP contribution in [0.15, 0.2) is 60.7 Å². The molecule has 3 aromatic carbocycles. The van der Waals surface area contributed by atoms with Crippen LogP contribution in [-0.4, -0.2) is 48.6 Å². The summed E-state index contributed by atoms with van der Waals surface area (Å²) < 4.78 is 24.7. The molecule has 3 atom stereocenters. The molecule has 7 heteroatoms. The minimum atomic E-state index is -3.10. The Morgan fingerprint density at radius 2 is 1.80 bits per heavy atom. The molecule has 0 fully saturated rings. The number of ketones is 1. The zero-order valence-corrected chi connectivity index (χ0v) is 25.2. The monoisotopic (exact) mass is 577 g/mol. The molecule has 0 saturated carbocycles. The van der Waals surface area contributed by atoms with Crippen LogP contribution in [0.1, 0.15) is 72.5 Å². The Hall–Kier alpha value is -3.00. The van der Waals surface area contributed by atoms with E-state index in [9.17, 15) is 18.3 Å². The zero-order chi connectivity index (χ0) is 29.6. The second-order valence-electron chi connectivity index (χ2n) is 11.6. The van der Waals surface area contributed by atoms with Crippen molar-refractivity contribution in [2.75, 3.05) is 18.2 Å². The van der Waals surface area contributed by atoms with E-state index in [1.165, 1.54) is 11.8 Å². The van der Waals surface area contributed by atoms with Crippen molar-refractivity contribution in [2.45, 2.75) is 76.6 Å². The van der Waals surface area contributed by atoms with Gasteiger partial charge in [0.15, 0.2) is 15.6 Å². The molecule has 1 aliphatic carbocycles. The molecule has 0 spiro atoms. The summed E-state index contributed by atoms with van der Waals surface area (Å²) in [4.78, 5) is 12.9. The number of anilines is 2. The first-order valence-corrected chi connectivity index (χ1v) is 16.6. The van der Waals surface area contributed by atoms with Crippen LogP contribution in [0.3, 0.4) is 0 Å². The third kappa shape index (κ3) is 8.06. The molecule has 0 bridgehead atoms. The molecule has 41 heavy (non-hydrogen) atoms. The molecule has 3 N–H and O–H groups in total. The number of aliphatic hydroxyl groups excluding tert-OH is 2. The van der Waals surface area contributed by atoms with E-state index >= 15 is 0 Å². The van der Waals surface area contributed by atoms with Gasteiger partial charge in [-0.3, -0.25) is 4.79 Å². The number of fused-ring (bicyclic) bond motifs is 1. The molecule has 1 aliphatic rings. The number of nitrogens with one attached hydrogen (secondary N) is 1. The Balaban J connectivity index is 1.51. The van der Waals surface area contributed by atoms with E-state index in [2.05, 4.69) is 42.6 Å². The van der Waals surface area contributed by atoms with Crippen LogP contribution in [0.2, 0.25) is 0 Å². The van der Waals surface area contributed by atoms with Gasteiger partial charge in [-0.1, -0.05) is 62.2 Å². The largest absolute Gasteiger partial charge is 0.394 e. The Bertz CT molecular complexity index is 1450. The molecule has 0 aromatic heterocycles. The normalized spacial score (nSPS) is 17.1. The molecule has 220 valence electrons. The smallest absolute Gasteiger partial charge is 0.165 e. The molecule has 0 saturated heterocycles. The fraction of sp³-hybridized carbons (Fsp3) is 0.441. The van der Waals surface area contributed by atoms with Gasteiger partial charge in [-0.25, -0.2) is 8.42 Å². The van der Waals surface area contributed by atoms with Gasteiger partial charge in [0.05, 0.1) is 18.0 Å². The lowest BCUT2D eigenvalue weighted by Gasteiger charge is -2.23. The van der Waals surface area contributed by atoms with E-state index < -0.39 is 15.9 Å². The average molecular weight is 578 g/mol. The minimum Gasteiger partial charge on any atom is -0.394 e. The van der Waals surface area contributed by atoms with Gasteiger partial charge in [0.1, 0.15) is 0 Å². The topological polar surface area (TPSA) is 104 Å². The number of hydrogen-bond acceptors (Lipinski definition) is 6. The standard InChI is InChI=1S/C34H43NO5S/c1-23-14-19-28(35-33-13-7-9-27-20-30(41(3,39)40)11-4-5-12-31(27)33)21-32(23)25-15-17-26(18-16-25)34(38)24(2)8-6-10-29(37)22-36/h7,9,13-19,21,24,29-30,35-37H,4-6,8,10-12,20,22H2,1-3H3. The highest BCUT2D eigenvalue weighted by Crippen LogP contribution is 2.33. The van der Waals surface area contributed by atoms with E-state index in [1.807, 2.05) is 37.3 Å². The molecule has 0 amide bonds. The summed E-state index contributed by atoms with van der Waals surface area (Å²) in [6.07, 6.45) is 6.54. The number of carbonyl (C=O) groups excluding carboxylic acids is 1. The number of rotatable bonds is 11. The summed E-state index contributed by atoms with van der Waals surface area (Å²) in [6.45, 7) is 3.73. The summed E-state index contributed by atoms with van der Waals surface area (Å²) in [5.74, 6) is -0.0696. The van der Waals surface area contributed by atoms with Crippen LogP contribution < -0.4 is 5.32 Å². The van der Waals surface area contributed by atoms with Crippen molar-refractivity contribution in [1.29, 1.82) is 0 Å². The SMILES string of the molecule is Cc1ccc(Nc2cccc3c2CCCCC(S(C)(=O)=O)C3)cc1-c1ccc(C(=O)C(C)CCCC(O)CO)cc1. The number of aryl methyl sites for hydroxylation is 1. The maximum Gasteiger partial charge on any atom is 0.165 e. The molecule has 6 nitrogen and oxygen atoms in total. The molecule has 4 rings (SSSR count).